The molecule has 0 spiro atoms. The molecule has 0 aromatic heterocycles. The quantitative estimate of drug-likeness (QED) is 0.488. The fourth-order valence-corrected chi connectivity index (χ4v) is 3.09. The molecule has 0 saturated heterocycles. The van der Waals surface area contributed by atoms with E-state index in [0.717, 1.165) is 12.8 Å². The maximum Gasteiger partial charge on any atom is 0.0834 e. The van der Waals surface area contributed by atoms with Gasteiger partial charge in [-0.25, -0.2) is 0 Å². The number of hydrogen-bond acceptors (Lipinski definition) is 1. The van der Waals surface area contributed by atoms with E-state index in [-0.39, 0.29) is 0 Å². The van der Waals surface area contributed by atoms with Crippen molar-refractivity contribution in [1.82, 2.24) is 0 Å². The molecule has 16 heavy (non-hydrogen) atoms. The van der Waals surface area contributed by atoms with Crippen LogP contribution in [0.15, 0.2) is 23.3 Å². The molecule has 0 saturated carbocycles. The molecule has 0 amide bonds. The Labute approximate surface area is 103 Å². The monoisotopic (exact) mass is 240 g/mol. The lowest BCUT2D eigenvalue weighted by Crippen LogP contribution is -2.38. The van der Waals surface area contributed by atoms with Crippen molar-refractivity contribution in [3.8, 4) is 0 Å². The van der Waals surface area contributed by atoms with Crippen LogP contribution in [0, 0.1) is 0 Å². The summed E-state index contributed by atoms with van der Waals surface area (Å²) in [6, 6.07) is 0. The molecule has 0 aliphatic heterocycles. The smallest absolute Gasteiger partial charge is 0.0834 e. The van der Waals surface area contributed by atoms with Crippen LogP contribution in [-0.4, -0.2) is 20.9 Å². The number of rotatable bonds is 6. The second kappa shape index (κ2) is 7.07. The Morgan fingerprint density at radius 1 is 1.19 bits per heavy atom. The van der Waals surface area contributed by atoms with Gasteiger partial charge in [0, 0.05) is 7.11 Å². The summed E-state index contributed by atoms with van der Waals surface area (Å²) >= 11 is 0. The van der Waals surface area contributed by atoms with Crippen LogP contribution in [0.2, 0.25) is 19.6 Å². The van der Waals surface area contributed by atoms with Gasteiger partial charge in [-0.15, -0.1) is 0 Å². The molecule has 0 aliphatic carbocycles. The standard InChI is InChI=1S/C14H28OSi/c1-12(2)9-8-10-13(3)11-14(15-4)16(5,6)7/h9,11,14H,8,10H2,1-7H3/b13-11-. The van der Waals surface area contributed by atoms with Gasteiger partial charge in [-0.05, 0) is 33.6 Å². The Hall–Kier alpha value is -0.343. The summed E-state index contributed by atoms with van der Waals surface area (Å²) in [5.74, 6) is 0. The highest BCUT2D eigenvalue weighted by molar-refractivity contribution is 6.77. The van der Waals surface area contributed by atoms with Gasteiger partial charge in [0.2, 0.25) is 0 Å². The van der Waals surface area contributed by atoms with Gasteiger partial charge in [0.15, 0.2) is 0 Å². The molecular weight excluding hydrogens is 212 g/mol. The molecule has 0 N–H and O–H groups in total. The predicted molar refractivity (Wildman–Crippen MR) is 76.6 cm³/mol. The van der Waals surface area contributed by atoms with Gasteiger partial charge < -0.3 is 4.74 Å². The molecule has 1 nitrogen and oxygen atoms in total. The average molecular weight is 240 g/mol. The molecule has 1 unspecified atom stereocenters. The third kappa shape index (κ3) is 7.02. The van der Waals surface area contributed by atoms with Gasteiger partial charge in [-0.3, -0.25) is 0 Å². The van der Waals surface area contributed by atoms with Gasteiger partial charge in [-0.2, -0.15) is 0 Å². The number of allylic oxidation sites excluding steroid dienone is 3. The molecule has 0 fully saturated rings. The van der Waals surface area contributed by atoms with Crippen LogP contribution >= 0.6 is 0 Å². The molecule has 1 atom stereocenters. The van der Waals surface area contributed by atoms with E-state index in [1.807, 2.05) is 7.11 Å². The Morgan fingerprint density at radius 2 is 1.75 bits per heavy atom. The Morgan fingerprint density at radius 3 is 2.12 bits per heavy atom. The summed E-state index contributed by atoms with van der Waals surface area (Å²) in [7, 11) is 0.598. The van der Waals surface area contributed by atoms with E-state index >= 15 is 0 Å². The predicted octanol–water partition coefficient (Wildman–Crippen LogP) is 4.57. The maximum atomic E-state index is 5.58. The van der Waals surface area contributed by atoms with Crippen LogP contribution in [0.1, 0.15) is 33.6 Å². The van der Waals surface area contributed by atoms with E-state index in [1.54, 1.807) is 0 Å². The molecule has 0 aromatic carbocycles. The first kappa shape index (κ1) is 15.7. The first-order chi connectivity index (χ1) is 7.27. The molecule has 0 heterocycles. The Balaban J connectivity index is 4.34. The summed E-state index contributed by atoms with van der Waals surface area (Å²) in [6.45, 7) is 13.6. The van der Waals surface area contributed by atoms with Crippen LogP contribution in [0.3, 0.4) is 0 Å². The fourth-order valence-electron chi connectivity index (χ4n) is 1.60. The summed E-state index contributed by atoms with van der Waals surface area (Å²) in [5.41, 5.74) is 3.20. The van der Waals surface area contributed by atoms with Crippen LogP contribution < -0.4 is 0 Å². The van der Waals surface area contributed by atoms with E-state index in [0.29, 0.717) is 5.73 Å². The van der Waals surface area contributed by atoms with Crippen LogP contribution in [0.25, 0.3) is 0 Å². The first-order valence-electron chi connectivity index (χ1n) is 6.11. The summed E-state index contributed by atoms with van der Waals surface area (Å²) in [6.07, 6.45) is 6.92. The van der Waals surface area contributed by atoms with E-state index in [4.69, 9.17) is 4.74 Å². The fraction of sp³-hybridized carbons (Fsp3) is 0.714. The second-order valence-electron chi connectivity index (χ2n) is 5.86. The average Bonchev–Trinajstić information content (AvgIpc) is 2.11. The highest BCUT2D eigenvalue weighted by atomic mass is 28.3. The number of hydrogen-bond donors (Lipinski definition) is 0. The van der Waals surface area contributed by atoms with Crippen molar-refractivity contribution in [2.75, 3.05) is 7.11 Å². The van der Waals surface area contributed by atoms with Gasteiger partial charge in [-0.1, -0.05) is 42.9 Å². The SMILES string of the molecule is COC(/C=C(/C)CCC=C(C)C)[Si](C)(C)C. The van der Waals surface area contributed by atoms with E-state index < -0.39 is 8.07 Å². The van der Waals surface area contributed by atoms with Crippen molar-refractivity contribution in [3.05, 3.63) is 23.3 Å². The van der Waals surface area contributed by atoms with Gasteiger partial charge >= 0.3 is 0 Å². The van der Waals surface area contributed by atoms with Crippen molar-refractivity contribution < 1.29 is 4.74 Å². The van der Waals surface area contributed by atoms with Crippen molar-refractivity contribution in [2.24, 2.45) is 0 Å². The number of methoxy groups -OCH3 is 1. The molecule has 2 heteroatoms. The highest BCUT2D eigenvalue weighted by Gasteiger charge is 2.24. The van der Waals surface area contributed by atoms with Crippen molar-refractivity contribution in [2.45, 2.75) is 59.0 Å². The Kier molecular flexibility index (Phi) is 6.92. The zero-order valence-electron chi connectivity index (χ0n) is 12.1. The van der Waals surface area contributed by atoms with Crippen LogP contribution in [0.5, 0.6) is 0 Å². The molecule has 0 radical (unpaired) electrons. The van der Waals surface area contributed by atoms with Crippen LogP contribution in [0.4, 0.5) is 0 Å². The molecule has 0 aliphatic rings. The van der Waals surface area contributed by atoms with Gasteiger partial charge in [0.05, 0.1) is 13.8 Å². The third-order valence-electron chi connectivity index (χ3n) is 2.63. The van der Waals surface area contributed by atoms with Crippen LogP contribution in [-0.2, 0) is 4.74 Å². The largest absolute Gasteiger partial charge is 0.381 e. The van der Waals surface area contributed by atoms with Gasteiger partial charge in [0.25, 0.3) is 0 Å². The minimum absolute atomic E-state index is 0.346. The Bertz CT molecular complexity index is 254. The maximum absolute atomic E-state index is 5.58. The molecule has 94 valence electrons. The van der Waals surface area contributed by atoms with Crippen molar-refractivity contribution in [1.29, 1.82) is 0 Å². The lowest BCUT2D eigenvalue weighted by atomic mass is 10.1. The normalized spacial score (nSPS) is 14.8. The zero-order chi connectivity index (χ0) is 12.8. The lowest BCUT2D eigenvalue weighted by Gasteiger charge is -2.25. The summed E-state index contributed by atoms with van der Waals surface area (Å²) in [4.78, 5) is 0. The van der Waals surface area contributed by atoms with E-state index in [1.165, 1.54) is 11.1 Å². The lowest BCUT2D eigenvalue weighted by molar-refractivity contribution is 0.192. The summed E-state index contributed by atoms with van der Waals surface area (Å²) < 4.78 is 5.58. The van der Waals surface area contributed by atoms with Crippen molar-refractivity contribution >= 4 is 8.07 Å². The first-order valence-corrected chi connectivity index (χ1v) is 9.68. The van der Waals surface area contributed by atoms with E-state index in [9.17, 15) is 0 Å². The molecular formula is C14H28OSi. The molecule has 0 rings (SSSR count). The zero-order valence-corrected chi connectivity index (χ0v) is 13.1. The molecule has 0 bridgehead atoms. The summed E-state index contributed by atoms with van der Waals surface area (Å²) in [5, 5.41) is 0. The minimum atomic E-state index is -1.22. The molecule has 0 aromatic rings. The number of ether oxygens (including phenoxy) is 1. The second-order valence-corrected chi connectivity index (χ2v) is 11.2. The van der Waals surface area contributed by atoms with E-state index in [2.05, 4.69) is 52.6 Å². The van der Waals surface area contributed by atoms with Crippen molar-refractivity contribution in [3.63, 3.8) is 0 Å². The highest BCUT2D eigenvalue weighted by Crippen LogP contribution is 2.16. The topological polar surface area (TPSA) is 9.23 Å². The minimum Gasteiger partial charge on any atom is -0.381 e. The third-order valence-corrected chi connectivity index (χ3v) is 4.74. The van der Waals surface area contributed by atoms with Gasteiger partial charge in [0.1, 0.15) is 0 Å².